The molecule has 210 valence electrons. The van der Waals surface area contributed by atoms with E-state index in [0.717, 1.165) is 16.8 Å². The van der Waals surface area contributed by atoms with Crippen LogP contribution >= 0.6 is 11.6 Å². The molecular weight excluding hydrogens is 551 g/mol. The largest absolute Gasteiger partial charge is 0.481 e. The molecule has 3 aromatic rings. The number of aromatic nitrogens is 2. The zero-order valence-electron chi connectivity index (χ0n) is 21.4. The fraction of sp³-hybridized carbons (Fsp3) is 0.357. The van der Waals surface area contributed by atoms with Crippen molar-refractivity contribution in [1.82, 2.24) is 14.7 Å². The molecule has 1 aliphatic heterocycles. The topological polar surface area (TPSA) is 102 Å². The number of aliphatic carboxylic acids is 1. The van der Waals surface area contributed by atoms with Crippen LogP contribution in [0.5, 0.6) is 0 Å². The smallest absolute Gasteiger partial charge is 0.417 e. The normalized spacial score (nSPS) is 19.9. The van der Waals surface area contributed by atoms with Crippen molar-refractivity contribution in [1.29, 1.82) is 0 Å². The summed E-state index contributed by atoms with van der Waals surface area (Å²) in [5.74, 6) is -2.89. The highest BCUT2D eigenvalue weighted by atomic mass is 35.5. The van der Waals surface area contributed by atoms with Gasteiger partial charge in [-0.25, -0.2) is 0 Å². The molecule has 1 N–H and O–H groups in total. The Bertz CT molecular complexity index is 1550. The average molecular weight is 576 g/mol. The molecule has 2 aromatic carbocycles. The predicted molar refractivity (Wildman–Crippen MR) is 140 cm³/mol. The van der Waals surface area contributed by atoms with Crippen molar-refractivity contribution in [2.24, 2.45) is 5.92 Å². The number of halogens is 4. The fourth-order valence-electron chi connectivity index (χ4n) is 5.19. The zero-order chi connectivity index (χ0) is 28.8. The minimum atomic E-state index is -4.85. The number of fused-ring (bicyclic) bond motifs is 1. The van der Waals surface area contributed by atoms with Crippen molar-refractivity contribution in [3.63, 3.8) is 0 Å². The number of carboxylic acid groups (broad SMARTS) is 1. The minimum absolute atomic E-state index is 0.140. The number of alkyl halides is 3. The summed E-state index contributed by atoms with van der Waals surface area (Å²) in [5.41, 5.74) is -0.571. The van der Waals surface area contributed by atoms with Gasteiger partial charge in [0.2, 0.25) is 0 Å². The molecule has 1 aromatic heterocycles. The third-order valence-corrected chi connectivity index (χ3v) is 7.66. The van der Waals surface area contributed by atoms with E-state index in [2.05, 4.69) is 5.10 Å². The van der Waals surface area contributed by atoms with Crippen molar-refractivity contribution >= 4 is 45.9 Å². The number of benzene rings is 2. The summed E-state index contributed by atoms with van der Waals surface area (Å²) in [6, 6.07) is 7.54. The Balaban J connectivity index is 1.66. The van der Waals surface area contributed by atoms with E-state index in [4.69, 9.17) is 16.3 Å². The van der Waals surface area contributed by atoms with Crippen LogP contribution in [0.15, 0.2) is 42.5 Å². The van der Waals surface area contributed by atoms with E-state index < -0.39 is 35.1 Å². The van der Waals surface area contributed by atoms with Crippen LogP contribution in [0.2, 0.25) is 5.02 Å². The van der Waals surface area contributed by atoms with Crippen LogP contribution in [0.3, 0.4) is 0 Å². The molecule has 0 spiro atoms. The van der Waals surface area contributed by atoms with E-state index >= 15 is 0 Å². The molecule has 2 unspecified atom stereocenters. The Hall–Kier alpha value is -3.70. The Morgan fingerprint density at radius 1 is 1.15 bits per heavy atom. The van der Waals surface area contributed by atoms with Crippen LogP contribution < -0.4 is 0 Å². The van der Waals surface area contributed by atoms with Crippen LogP contribution in [0, 0.1) is 5.92 Å². The second kappa shape index (κ2) is 10.7. The molecule has 8 nitrogen and oxygen atoms in total. The lowest BCUT2D eigenvalue weighted by atomic mass is 9.87. The summed E-state index contributed by atoms with van der Waals surface area (Å²) < 4.78 is 47.9. The maximum absolute atomic E-state index is 13.9. The van der Waals surface area contributed by atoms with E-state index in [0.29, 0.717) is 49.3 Å². The molecule has 1 aliphatic carbocycles. The molecule has 2 aliphatic rings. The van der Waals surface area contributed by atoms with Gasteiger partial charge >= 0.3 is 12.1 Å². The van der Waals surface area contributed by atoms with Gasteiger partial charge in [-0.1, -0.05) is 23.7 Å². The van der Waals surface area contributed by atoms with Crippen LogP contribution in [-0.4, -0.2) is 63.4 Å². The van der Waals surface area contributed by atoms with E-state index in [1.165, 1.54) is 12.1 Å². The van der Waals surface area contributed by atoms with Gasteiger partial charge in [0.25, 0.3) is 11.8 Å². The summed E-state index contributed by atoms with van der Waals surface area (Å²) in [7, 11) is 0. The Morgan fingerprint density at radius 2 is 1.93 bits per heavy atom. The number of ether oxygens (including phenoxy) is 1. The third kappa shape index (κ3) is 5.11. The van der Waals surface area contributed by atoms with Gasteiger partial charge in [-0.05, 0) is 62.1 Å². The number of rotatable bonds is 4. The lowest BCUT2D eigenvalue weighted by molar-refractivity contribution is -0.142. The number of amides is 1. The van der Waals surface area contributed by atoms with Crippen molar-refractivity contribution < 1.29 is 37.4 Å². The van der Waals surface area contributed by atoms with Crippen molar-refractivity contribution in [3.05, 3.63) is 69.9 Å². The second-order valence-electron chi connectivity index (χ2n) is 9.92. The lowest BCUT2D eigenvalue weighted by Crippen LogP contribution is -2.47. The molecule has 0 saturated carbocycles. The van der Waals surface area contributed by atoms with Crippen LogP contribution in [0.25, 0.3) is 16.5 Å². The first kappa shape index (κ1) is 27.9. The average Bonchev–Trinajstić information content (AvgIpc) is 3.31. The molecule has 1 amide bonds. The maximum Gasteiger partial charge on any atom is 0.417 e. The van der Waals surface area contributed by atoms with E-state index in [1.807, 2.05) is 6.92 Å². The number of carboxylic acids is 1. The third-order valence-electron chi connectivity index (χ3n) is 7.35. The van der Waals surface area contributed by atoms with Gasteiger partial charge in [-0.3, -0.25) is 14.4 Å². The number of carbonyl (C=O) groups excluding carboxylic acids is 2. The number of allylic oxidation sites excluding steroid dienone is 2. The minimum Gasteiger partial charge on any atom is -0.481 e. The zero-order valence-corrected chi connectivity index (χ0v) is 22.1. The Kier molecular flexibility index (Phi) is 7.45. The fourth-order valence-corrected chi connectivity index (χ4v) is 5.45. The summed E-state index contributed by atoms with van der Waals surface area (Å²) >= 11 is 6.13. The van der Waals surface area contributed by atoms with Crippen LogP contribution in [0.4, 0.5) is 13.2 Å². The quantitative estimate of drug-likeness (QED) is 0.439. The molecule has 2 heterocycles. The molecular formula is C28H25ClF3N3O5. The molecule has 40 heavy (non-hydrogen) atoms. The van der Waals surface area contributed by atoms with Gasteiger partial charge in [-0.15, -0.1) is 0 Å². The Labute approximate surface area is 232 Å². The molecule has 5 rings (SSSR count). The lowest BCUT2D eigenvalue weighted by Gasteiger charge is -2.33. The molecule has 0 radical (unpaired) electrons. The molecule has 1 fully saturated rings. The standard InChI is InChI=1S/C28H25ClF3N3O5/c1-15-14-40-12-11-34(15)25(36)18-9-10-19-22(13-18)35(33-24(19)16-5-7-17(8-6-16)27(38)39)26(37)23-20(28(30,31)32)3-2-4-21(23)29/h2-5,9-10,13,15,17H,6-8,11-12,14H2,1H3,(H,38,39). The van der Waals surface area contributed by atoms with Crippen molar-refractivity contribution in [2.45, 2.75) is 38.4 Å². The number of carbonyl (C=O) groups is 3. The molecule has 2 atom stereocenters. The first-order valence-corrected chi connectivity index (χ1v) is 13.1. The van der Waals surface area contributed by atoms with Gasteiger partial charge in [0, 0.05) is 17.5 Å². The van der Waals surface area contributed by atoms with Crippen molar-refractivity contribution in [3.8, 4) is 0 Å². The first-order valence-electron chi connectivity index (χ1n) is 12.7. The highest BCUT2D eigenvalue weighted by Gasteiger charge is 2.38. The van der Waals surface area contributed by atoms with Gasteiger partial charge in [-0.2, -0.15) is 23.0 Å². The number of hydrogen-bond donors (Lipinski definition) is 1. The van der Waals surface area contributed by atoms with E-state index in [9.17, 15) is 32.7 Å². The van der Waals surface area contributed by atoms with Gasteiger partial charge in [0.15, 0.2) is 0 Å². The monoisotopic (exact) mass is 575 g/mol. The van der Waals surface area contributed by atoms with Gasteiger partial charge in [0.05, 0.1) is 52.5 Å². The van der Waals surface area contributed by atoms with Crippen LogP contribution in [0.1, 0.15) is 58.2 Å². The van der Waals surface area contributed by atoms with Crippen molar-refractivity contribution in [2.75, 3.05) is 19.8 Å². The summed E-state index contributed by atoms with van der Waals surface area (Å²) in [4.78, 5) is 40.2. The van der Waals surface area contributed by atoms with E-state index in [1.54, 1.807) is 23.1 Å². The predicted octanol–water partition coefficient (Wildman–Crippen LogP) is 5.53. The van der Waals surface area contributed by atoms with E-state index in [-0.39, 0.29) is 34.5 Å². The number of morpholine rings is 1. The highest BCUT2D eigenvalue weighted by molar-refractivity contribution is 6.34. The number of nitrogens with zero attached hydrogens (tertiary/aromatic N) is 3. The molecule has 12 heteroatoms. The maximum atomic E-state index is 13.9. The Morgan fingerprint density at radius 3 is 2.58 bits per heavy atom. The second-order valence-corrected chi connectivity index (χ2v) is 10.3. The molecule has 1 saturated heterocycles. The molecule has 0 bridgehead atoms. The van der Waals surface area contributed by atoms with Gasteiger partial charge < -0.3 is 14.7 Å². The SMILES string of the molecule is CC1COCCN1C(=O)c1ccc2c(C3=CCC(C(=O)O)CC3)nn(C(=O)c3c(Cl)cccc3C(F)(F)F)c2c1. The summed E-state index contributed by atoms with van der Waals surface area (Å²) in [5, 5.41) is 13.8. The number of hydrogen-bond acceptors (Lipinski definition) is 5. The van der Waals surface area contributed by atoms with Gasteiger partial charge in [0.1, 0.15) is 0 Å². The first-order chi connectivity index (χ1) is 19.0. The summed E-state index contributed by atoms with van der Waals surface area (Å²) in [6.07, 6.45) is -2.18. The summed E-state index contributed by atoms with van der Waals surface area (Å²) in [6.45, 7) is 2.95. The van der Waals surface area contributed by atoms with Crippen LogP contribution in [-0.2, 0) is 15.7 Å². The highest BCUT2D eigenvalue weighted by Crippen LogP contribution is 2.38.